The highest BCUT2D eigenvalue weighted by Gasteiger charge is 2.55. The minimum Gasteiger partial charge on any atom is -0.381 e. The first-order valence-corrected chi connectivity index (χ1v) is 11.2. The van der Waals surface area contributed by atoms with Crippen LogP contribution in [0.5, 0.6) is 0 Å². The lowest BCUT2D eigenvalue weighted by Gasteiger charge is -2.28. The zero-order valence-corrected chi connectivity index (χ0v) is 16.8. The zero-order valence-electron chi connectivity index (χ0n) is 16.8. The van der Waals surface area contributed by atoms with E-state index in [1.165, 1.54) is 51.0 Å². The van der Waals surface area contributed by atoms with Crippen LogP contribution in [0.4, 0.5) is 5.82 Å². The van der Waals surface area contributed by atoms with Gasteiger partial charge in [0, 0.05) is 62.3 Å². The molecule has 3 atom stereocenters. The molecule has 0 amide bonds. The van der Waals surface area contributed by atoms with Crippen molar-refractivity contribution in [2.24, 2.45) is 17.8 Å². The second kappa shape index (κ2) is 7.33. The van der Waals surface area contributed by atoms with Crippen LogP contribution in [0.25, 0.3) is 11.3 Å². The summed E-state index contributed by atoms with van der Waals surface area (Å²) in [6.07, 6.45) is 6.96. The molecule has 29 heavy (non-hydrogen) atoms. The Balaban J connectivity index is 1.01. The maximum absolute atomic E-state index is 5.49. The van der Waals surface area contributed by atoms with Crippen molar-refractivity contribution in [2.75, 3.05) is 38.2 Å². The Morgan fingerprint density at radius 1 is 0.966 bits per heavy atom. The Hall–Kier alpha value is -2.05. The molecule has 0 bridgehead atoms. The van der Waals surface area contributed by atoms with Gasteiger partial charge in [-0.25, -0.2) is 0 Å². The molecule has 1 N–H and O–H groups in total. The normalized spacial score (nSPS) is 29.6. The molecule has 0 spiro atoms. The van der Waals surface area contributed by atoms with Crippen molar-refractivity contribution < 1.29 is 4.74 Å². The van der Waals surface area contributed by atoms with E-state index in [9.17, 15) is 0 Å². The summed E-state index contributed by atoms with van der Waals surface area (Å²) in [6, 6.07) is 8.94. The molecule has 0 radical (unpaired) electrons. The molecule has 2 saturated heterocycles. The van der Waals surface area contributed by atoms with Crippen molar-refractivity contribution in [3.05, 3.63) is 36.2 Å². The minimum atomic E-state index is 0.570. The fraction of sp³-hybridized carbons (Fsp3) is 0.609. The zero-order chi connectivity index (χ0) is 19.2. The lowest BCUT2D eigenvalue weighted by molar-refractivity contribution is 0.0540. The van der Waals surface area contributed by atoms with Gasteiger partial charge in [-0.2, -0.15) is 0 Å². The van der Waals surface area contributed by atoms with E-state index in [2.05, 4.69) is 49.7 Å². The van der Waals surface area contributed by atoms with Crippen molar-refractivity contribution in [3.8, 4) is 11.3 Å². The van der Waals surface area contributed by atoms with E-state index in [-0.39, 0.29) is 0 Å². The van der Waals surface area contributed by atoms with Crippen LogP contribution in [-0.4, -0.2) is 59.0 Å². The number of fused-ring (bicyclic) bond motifs is 1. The maximum Gasteiger partial charge on any atom is 0.148 e. The number of hydrogen-bond acceptors (Lipinski definition) is 6. The van der Waals surface area contributed by atoms with Crippen LogP contribution < -0.4 is 5.32 Å². The Labute approximate surface area is 172 Å². The number of nitrogens with one attached hydrogen (secondary N) is 1. The fourth-order valence-electron chi connectivity index (χ4n) is 5.18. The van der Waals surface area contributed by atoms with E-state index in [4.69, 9.17) is 4.74 Å². The number of anilines is 1. The molecule has 6 heteroatoms. The third kappa shape index (κ3) is 3.76. The quantitative estimate of drug-likeness (QED) is 0.816. The number of nitrogens with zero attached hydrogens (tertiary/aromatic N) is 4. The van der Waals surface area contributed by atoms with E-state index in [1.54, 1.807) is 0 Å². The van der Waals surface area contributed by atoms with Gasteiger partial charge in [-0.05, 0) is 67.7 Å². The van der Waals surface area contributed by atoms with Crippen molar-refractivity contribution >= 4 is 5.82 Å². The number of piperidine rings is 1. The van der Waals surface area contributed by atoms with Crippen LogP contribution in [0.2, 0.25) is 0 Å². The summed E-state index contributed by atoms with van der Waals surface area (Å²) < 4.78 is 5.49. The first-order valence-electron chi connectivity index (χ1n) is 11.2. The van der Waals surface area contributed by atoms with Crippen molar-refractivity contribution in [2.45, 2.75) is 37.6 Å². The van der Waals surface area contributed by atoms with Crippen molar-refractivity contribution in [1.29, 1.82) is 0 Å². The van der Waals surface area contributed by atoms with E-state index in [0.717, 1.165) is 48.0 Å². The molecule has 2 saturated carbocycles. The molecule has 1 unspecified atom stereocenters. The van der Waals surface area contributed by atoms with Crippen molar-refractivity contribution in [1.82, 2.24) is 20.1 Å². The van der Waals surface area contributed by atoms with Gasteiger partial charge in [0.25, 0.3) is 0 Å². The number of pyridine rings is 1. The standard InChI is InChI=1S/C23H29N5O/c1-2-16(1)20-4-3-17(11-24-20)21-5-6-22(27-26-21)25-23-18-13-28(14-19(18)23)12-15-7-9-29-10-8-15/h3-6,11,15-16,18-19,23H,1-2,7-10,12-14H2,(H,25,27)/t18-,19+,23?. The molecular formula is C23H29N5O. The summed E-state index contributed by atoms with van der Waals surface area (Å²) in [5.41, 5.74) is 3.15. The predicted molar refractivity (Wildman–Crippen MR) is 112 cm³/mol. The largest absolute Gasteiger partial charge is 0.381 e. The second-order valence-corrected chi connectivity index (χ2v) is 9.32. The van der Waals surface area contributed by atoms with Gasteiger partial charge >= 0.3 is 0 Å². The average Bonchev–Trinajstić information content (AvgIpc) is 3.68. The second-order valence-electron chi connectivity index (χ2n) is 9.32. The van der Waals surface area contributed by atoms with Gasteiger partial charge in [-0.1, -0.05) is 0 Å². The molecule has 152 valence electrons. The number of likely N-dealkylation sites (tertiary alicyclic amines) is 1. The van der Waals surface area contributed by atoms with Gasteiger partial charge in [-0.3, -0.25) is 4.98 Å². The summed E-state index contributed by atoms with van der Waals surface area (Å²) in [5, 5.41) is 12.5. The van der Waals surface area contributed by atoms with Gasteiger partial charge < -0.3 is 15.0 Å². The van der Waals surface area contributed by atoms with Crippen LogP contribution >= 0.6 is 0 Å². The molecule has 6 rings (SSSR count). The van der Waals surface area contributed by atoms with Crippen LogP contribution in [0.3, 0.4) is 0 Å². The fourth-order valence-corrected chi connectivity index (χ4v) is 5.18. The number of ether oxygens (including phenoxy) is 1. The molecule has 4 aliphatic rings. The van der Waals surface area contributed by atoms with E-state index < -0.39 is 0 Å². The van der Waals surface area contributed by atoms with Crippen molar-refractivity contribution in [3.63, 3.8) is 0 Å². The molecule has 2 aliphatic heterocycles. The Kier molecular flexibility index (Phi) is 4.49. The average molecular weight is 392 g/mol. The lowest BCUT2D eigenvalue weighted by atomic mass is 10.00. The topological polar surface area (TPSA) is 63.2 Å². The SMILES string of the molecule is c1cc(C2CC2)ncc1-c1ccc(NC2[C@H]3CN(CC4CCOCC4)C[C@@H]23)nn1. The van der Waals surface area contributed by atoms with E-state index in [1.807, 2.05) is 6.20 Å². The monoisotopic (exact) mass is 391 g/mol. The number of hydrogen-bond donors (Lipinski definition) is 1. The highest BCUT2D eigenvalue weighted by molar-refractivity contribution is 5.58. The van der Waals surface area contributed by atoms with Gasteiger partial charge in [0.1, 0.15) is 5.82 Å². The minimum absolute atomic E-state index is 0.570. The Morgan fingerprint density at radius 3 is 2.45 bits per heavy atom. The summed E-state index contributed by atoms with van der Waals surface area (Å²) in [4.78, 5) is 7.25. The van der Waals surface area contributed by atoms with Gasteiger partial charge in [0.05, 0.1) is 5.69 Å². The summed E-state index contributed by atoms with van der Waals surface area (Å²) >= 11 is 0. The van der Waals surface area contributed by atoms with Gasteiger partial charge in [0.15, 0.2) is 0 Å². The third-order valence-electron chi connectivity index (χ3n) is 7.18. The highest BCUT2D eigenvalue weighted by Crippen LogP contribution is 2.47. The molecule has 6 nitrogen and oxygen atoms in total. The van der Waals surface area contributed by atoms with Crippen LogP contribution in [0.15, 0.2) is 30.5 Å². The van der Waals surface area contributed by atoms with Crippen LogP contribution in [0.1, 0.15) is 37.3 Å². The molecule has 4 fully saturated rings. The highest BCUT2D eigenvalue weighted by atomic mass is 16.5. The maximum atomic E-state index is 5.49. The Morgan fingerprint density at radius 2 is 1.79 bits per heavy atom. The number of rotatable bonds is 6. The van der Waals surface area contributed by atoms with Gasteiger partial charge in [-0.15, -0.1) is 10.2 Å². The molecule has 0 aromatic carbocycles. The number of aromatic nitrogens is 3. The first kappa shape index (κ1) is 17.8. The van der Waals surface area contributed by atoms with Crippen LogP contribution in [-0.2, 0) is 4.74 Å². The predicted octanol–water partition coefficient (Wildman–Crippen LogP) is 3.18. The van der Waals surface area contributed by atoms with E-state index in [0.29, 0.717) is 12.0 Å². The molecular weight excluding hydrogens is 362 g/mol. The Bertz CT molecular complexity index is 833. The first-order chi connectivity index (χ1) is 14.3. The molecule has 2 aromatic rings. The smallest absolute Gasteiger partial charge is 0.148 e. The lowest BCUT2D eigenvalue weighted by Crippen LogP contribution is -2.34. The van der Waals surface area contributed by atoms with Crippen LogP contribution in [0, 0.1) is 17.8 Å². The van der Waals surface area contributed by atoms with Gasteiger partial charge in [0.2, 0.25) is 0 Å². The molecule has 2 aliphatic carbocycles. The summed E-state index contributed by atoms with van der Waals surface area (Å²) in [5.74, 6) is 3.96. The molecule has 2 aromatic heterocycles. The summed E-state index contributed by atoms with van der Waals surface area (Å²) in [7, 11) is 0. The van der Waals surface area contributed by atoms with E-state index >= 15 is 0 Å². The summed E-state index contributed by atoms with van der Waals surface area (Å²) in [6.45, 7) is 5.61. The third-order valence-corrected chi connectivity index (χ3v) is 7.18. The molecule has 4 heterocycles.